The molecule has 1 aromatic rings. The molecule has 2 aliphatic carbocycles. The first kappa shape index (κ1) is 18.5. The largest absolute Gasteiger partial charge is 0.333 e. The number of rotatable bonds is 4. The van der Waals surface area contributed by atoms with Crippen LogP contribution in [0.3, 0.4) is 0 Å². The number of amides is 2. The average molecular weight is 390 g/mol. The summed E-state index contributed by atoms with van der Waals surface area (Å²) >= 11 is 0. The van der Waals surface area contributed by atoms with Crippen LogP contribution in [0.1, 0.15) is 47.9 Å². The molecule has 3 N–H and O–H groups in total. The standard InChI is InChI=1S/C20H27N3O3S/c24-20(23-27(25,26)12-9-14-7-10-21-11-8-14)22-19-17-5-1-3-15(17)13-16-4-2-6-18(16)19/h9,12-14,21H,1-8,10-11H2,(H2,22,23,24)/b12-9+. The Bertz CT molecular complexity index is 839. The van der Waals surface area contributed by atoms with Gasteiger partial charge in [0.15, 0.2) is 0 Å². The third-order valence-corrected chi connectivity index (χ3v) is 6.85. The van der Waals surface area contributed by atoms with Gasteiger partial charge in [0.05, 0.1) is 0 Å². The normalized spacial score (nSPS) is 19.9. The summed E-state index contributed by atoms with van der Waals surface area (Å²) in [5.74, 6) is 0.242. The Hall–Kier alpha value is -1.86. The number of allylic oxidation sites excluding steroid dienone is 1. The summed E-state index contributed by atoms with van der Waals surface area (Å²) in [4.78, 5) is 12.4. The van der Waals surface area contributed by atoms with Gasteiger partial charge in [-0.05, 0) is 92.6 Å². The van der Waals surface area contributed by atoms with Crippen molar-refractivity contribution in [2.75, 3.05) is 18.4 Å². The molecule has 146 valence electrons. The number of aryl methyl sites for hydroxylation is 2. The minimum Gasteiger partial charge on any atom is -0.317 e. The predicted molar refractivity (Wildman–Crippen MR) is 106 cm³/mol. The number of hydrogen-bond acceptors (Lipinski definition) is 4. The Balaban J connectivity index is 1.46. The number of nitrogens with one attached hydrogen (secondary N) is 3. The zero-order valence-corrected chi connectivity index (χ0v) is 16.3. The second kappa shape index (κ2) is 7.64. The van der Waals surface area contributed by atoms with E-state index in [1.54, 1.807) is 6.08 Å². The summed E-state index contributed by atoms with van der Waals surface area (Å²) < 4.78 is 26.7. The van der Waals surface area contributed by atoms with Gasteiger partial charge in [0.1, 0.15) is 0 Å². The number of carbonyl (C=O) groups excluding carboxylic acids is 1. The third kappa shape index (κ3) is 4.19. The summed E-state index contributed by atoms with van der Waals surface area (Å²) in [5.41, 5.74) is 5.84. The monoisotopic (exact) mass is 389 g/mol. The number of urea groups is 1. The van der Waals surface area contributed by atoms with Crippen molar-refractivity contribution in [3.63, 3.8) is 0 Å². The lowest BCUT2D eigenvalue weighted by molar-refractivity contribution is 0.256. The molecule has 0 atom stereocenters. The second-order valence-electron chi connectivity index (χ2n) is 7.75. The van der Waals surface area contributed by atoms with Crippen molar-refractivity contribution in [3.05, 3.63) is 39.8 Å². The highest BCUT2D eigenvalue weighted by atomic mass is 32.2. The molecule has 0 bridgehead atoms. The van der Waals surface area contributed by atoms with Crippen LogP contribution in [0.2, 0.25) is 0 Å². The lowest BCUT2D eigenvalue weighted by Crippen LogP contribution is -2.34. The summed E-state index contributed by atoms with van der Waals surface area (Å²) in [5, 5.41) is 7.25. The maximum absolute atomic E-state index is 12.4. The average Bonchev–Trinajstić information content (AvgIpc) is 3.29. The van der Waals surface area contributed by atoms with Gasteiger partial charge >= 0.3 is 6.03 Å². The molecule has 1 saturated heterocycles. The minimum absolute atomic E-state index is 0.242. The fraction of sp³-hybridized carbons (Fsp3) is 0.550. The van der Waals surface area contributed by atoms with Gasteiger partial charge in [-0.1, -0.05) is 12.1 Å². The Labute approximate surface area is 160 Å². The van der Waals surface area contributed by atoms with Crippen molar-refractivity contribution in [2.24, 2.45) is 5.92 Å². The molecular formula is C20H27N3O3S. The number of carbonyl (C=O) groups is 1. The third-order valence-electron chi connectivity index (χ3n) is 5.86. The van der Waals surface area contributed by atoms with Crippen molar-refractivity contribution in [1.82, 2.24) is 10.0 Å². The molecule has 0 saturated carbocycles. The zero-order valence-electron chi connectivity index (χ0n) is 15.5. The van der Waals surface area contributed by atoms with Gasteiger partial charge in [-0.25, -0.2) is 17.9 Å². The number of benzene rings is 1. The Morgan fingerprint density at radius 2 is 1.67 bits per heavy atom. The first-order chi connectivity index (χ1) is 13.0. The summed E-state index contributed by atoms with van der Waals surface area (Å²) in [6.07, 6.45) is 9.68. The maximum atomic E-state index is 12.4. The van der Waals surface area contributed by atoms with Gasteiger partial charge < -0.3 is 10.6 Å². The molecule has 0 aromatic heterocycles. The van der Waals surface area contributed by atoms with Crippen molar-refractivity contribution in [2.45, 2.75) is 51.4 Å². The van der Waals surface area contributed by atoms with Gasteiger partial charge in [-0.15, -0.1) is 0 Å². The summed E-state index contributed by atoms with van der Waals surface area (Å²) in [6, 6.07) is 1.62. The Morgan fingerprint density at radius 3 is 2.30 bits per heavy atom. The molecular weight excluding hydrogens is 362 g/mol. The fourth-order valence-electron chi connectivity index (χ4n) is 4.52. The highest BCUT2D eigenvalue weighted by molar-refractivity contribution is 7.92. The van der Waals surface area contributed by atoms with E-state index >= 15 is 0 Å². The van der Waals surface area contributed by atoms with Gasteiger partial charge in [0.25, 0.3) is 10.0 Å². The van der Waals surface area contributed by atoms with Gasteiger partial charge in [0.2, 0.25) is 0 Å². The molecule has 1 aromatic carbocycles. The topological polar surface area (TPSA) is 87.3 Å². The van der Waals surface area contributed by atoms with Crippen LogP contribution in [-0.2, 0) is 35.7 Å². The van der Waals surface area contributed by atoms with E-state index in [0.717, 1.165) is 75.6 Å². The molecule has 0 radical (unpaired) electrons. The van der Waals surface area contributed by atoms with Crippen molar-refractivity contribution in [3.8, 4) is 0 Å². The fourth-order valence-corrected chi connectivity index (χ4v) is 5.33. The molecule has 0 unspecified atom stereocenters. The van der Waals surface area contributed by atoms with Crippen LogP contribution in [0.4, 0.5) is 10.5 Å². The molecule has 2 amide bonds. The molecule has 6 nitrogen and oxygen atoms in total. The van der Waals surface area contributed by atoms with Gasteiger partial charge in [-0.3, -0.25) is 0 Å². The van der Waals surface area contributed by atoms with Crippen LogP contribution < -0.4 is 15.4 Å². The minimum atomic E-state index is -3.79. The van der Waals surface area contributed by atoms with E-state index in [0.29, 0.717) is 0 Å². The van der Waals surface area contributed by atoms with E-state index in [-0.39, 0.29) is 5.92 Å². The van der Waals surface area contributed by atoms with Crippen LogP contribution in [-0.4, -0.2) is 27.5 Å². The molecule has 1 fully saturated rings. The quantitative estimate of drug-likeness (QED) is 0.739. The number of hydrogen-bond donors (Lipinski definition) is 3. The molecule has 7 heteroatoms. The van der Waals surface area contributed by atoms with Gasteiger partial charge in [0, 0.05) is 11.1 Å². The first-order valence-electron chi connectivity index (χ1n) is 9.91. The van der Waals surface area contributed by atoms with Crippen molar-refractivity contribution in [1.29, 1.82) is 0 Å². The Morgan fingerprint density at radius 1 is 1.04 bits per heavy atom. The van der Waals surface area contributed by atoms with Crippen molar-refractivity contribution < 1.29 is 13.2 Å². The highest BCUT2D eigenvalue weighted by Gasteiger charge is 2.25. The van der Waals surface area contributed by atoms with Crippen molar-refractivity contribution >= 4 is 21.7 Å². The number of anilines is 1. The SMILES string of the molecule is O=C(Nc1c2c(cc3c1CCC3)CCC2)NS(=O)(=O)/C=C/C1CCNCC1. The van der Waals surface area contributed by atoms with E-state index in [1.807, 2.05) is 0 Å². The molecule has 1 aliphatic heterocycles. The van der Waals surface area contributed by atoms with E-state index in [9.17, 15) is 13.2 Å². The molecule has 3 aliphatic rings. The van der Waals surface area contributed by atoms with Crippen LogP contribution in [0.15, 0.2) is 17.6 Å². The van der Waals surface area contributed by atoms with E-state index in [1.165, 1.54) is 22.3 Å². The van der Waals surface area contributed by atoms with E-state index in [2.05, 4.69) is 21.4 Å². The molecule has 27 heavy (non-hydrogen) atoms. The summed E-state index contributed by atoms with van der Waals surface area (Å²) in [7, 11) is -3.79. The number of sulfonamides is 1. The van der Waals surface area contributed by atoms with Crippen LogP contribution in [0.5, 0.6) is 0 Å². The maximum Gasteiger partial charge on any atom is 0.333 e. The highest BCUT2D eigenvalue weighted by Crippen LogP contribution is 2.38. The predicted octanol–water partition coefficient (Wildman–Crippen LogP) is 2.63. The van der Waals surface area contributed by atoms with Gasteiger partial charge in [-0.2, -0.15) is 0 Å². The Kier molecular flexibility index (Phi) is 5.23. The smallest absolute Gasteiger partial charge is 0.317 e. The van der Waals surface area contributed by atoms with E-state index < -0.39 is 16.1 Å². The first-order valence-corrected chi connectivity index (χ1v) is 11.5. The summed E-state index contributed by atoms with van der Waals surface area (Å²) in [6.45, 7) is 1.79. The second-order valence-corrected chi connectivity index (χ2v) is 9.32. The lowest BCUT2D eigenvalue weighted by atomic mass is 9.99. The zero-order chi connectivity index (χ0) is 18.9. The lowest BCUT2D eigenvalue weighted by Gasteiger charge is -2.19. The number of fused-ring (bicyclic) bond motifs is 2. The van der Waals surface area contributed by atoms with Crippen LogP contribution in [0.25, 0.3) is 0 Å². The van der Waals surface area contributed by atoms with Crippen LogP contribution in [0, 0.1) is 5.92 Å². The molecule has 4 rings (SSSR count). The number of piperidine rings is 1. The molecule has 0 spiro atoms. The molecule has 1 heterocycles. The van der Waals surface area contributed by atoms with E-state index in [4.69, 9.17) is 0 Å². The van der Waals surface area contributed by atoms with Crippen LogP contribution >= 0.6 is 0 Å².